The number of anilines is 3. The van der Waals surface area contributed by atoms with Crippen molar-refractivity contribution < 1.29 is 8.76 Å². The van der Waals surface area contributed by atoms with Gasteiger partial charge in [-0.1, -0.05) is 18.2 Å². The molecule has 0 radical (unpaired) electrons. The Balaban J connectivity index is 2.36. The fourth-order valence-corrected chi connectivity index (χ4v) is 1.98. The number of hydrogen-bond acceptors (Lipinski definition) is 4. The van der Waals surface area contributed by atoms with Crippen LogP contribution >= 0.6 is 0 Å². The number of nitrogens with zero attached hydrogens (tertiary/aromatic N) is 2. The fourth-order valence-electron chi connectivity index (χ4n) is 1.64. The van der Waals surface area contributed by atoms with Crippen molar-refractivity contribution in [3.8, 4) is 0 Å². The summed E-state index contributed by atoms with van der Waals surface area (Å²) in [6.07, 6.45) is 3.10. The van der Waals surface area contributed by atoms with Crippen molar-refractivity contribution in [2.24, 2.45) is 0 Å². The molecule has 0 fully saturated rings. The summed E-state index contributed by atoms with van der Waals surface area (Å²) in [6.45, 7) is 0. The van der Waals surface area contributed by atoms with Gasteiger partial charge in [-0.05, 0) is 18.2 Å². The monoisotopic (exact) mass is 262 g/mol. The molecule has 0 saturated carbocycles. The van der Waals surface area contributed by atoms with E-state index in [1.54, 1.807) is 12.3 Å². The van der Waals surface area contributed by atoms with E-state index in [1.165, 1.54) is 6.20 Å². The van der Waals surface area contributed by atoms with Gasteiger partial charge in [0.15, 0.2) is 0 Å². The smallest absolute Gasteiger partial charge is 0.0876 e. The standard InChI is InChI=1S/C12H13N3O2S/c1-15(10-5-3-2-4-6-10)12-7-8-13-9-11(12)14-18(16)17/h2-9,14H,1H3,(H,16,17)/p-1. The highest BCUT2D eigenvalue weighted by Crippen LogP contribution is 2.29. The zero-order valence-electron chi connectivity index (χ0n) is 9.74. The molecular weight excluding hydrogens is 250 g/mol. The van der Waals surface area contributed by atoms with Gasteiger partial charge < -0.3 is 14.2 Å². The molecule has 6 heteroatoms. The highest BCUT2D eigenvalue weighted by molar-refractivity contribution is 7.80. The summed E-state index contributed by atoms with van der Waals surface area (Å²) < 4.78 is 23.8. The van der Waals surface area contributed by atoms with E-state index in [0.29, 0.717) is 5.69 Å². The SMILES string of the molecule is CN(c1ccccc1)c1ccncc1NS(=O)[O-]. The second-order valence-electron chi connectivity index (χ2n) is 3.62. The van der Waals surface area contributed by atoms with Crippen molar-refractivity contribution in [1.29, 1.82) is 0 Å². The average molecular weight is 262 g/mol. The number of rotatable bonds is 4. The van der Waals surface area contributed by atoms with Gasteiger partial charge in [0.1, 0.15) is 0 Å². The van der Waals surface area contributed by atoms with Crippen LogP contribution in [0.3, 0.4) is 0 Å². The van der Waals surface area contributed by atoms with Gasteiger partial charge >= 0.3 is 0 Å². The first-order valence-corrected chi connectivity index (χ1v) is 6.34. The molecule has 1 N–H and O–H groups in total. The van der Waals surface area contributed by atoms with E-state index in [0.717, 1.165) is 11.4 Å². The van der Waals surface area contributed by atoms with Crippen LogP contribution in [0.15, 0.2) is 48.8 Å². The maximum absolute atomic E-state index is 10.7. The van der Waals surface area contributed by atoms with Gasteiger partial charge in [-0.3, -0.25) is 9.19 Å². The number of benzene rings is 1. The number of hydrogen-bond donors (Lipinski definition) is 1. The predicted molar refractivity (Wildman–Crippen MR) is 71.3 cm³/mol. The Bertz CT molecular complexity index is 548. The molecule has 18 heavy (non-hydrogen) atoms. The Morgan fingerprint density at radius 2 is 2.00 bits per heavy atom. The molecule has 5 nitrogen and oxygen atoms in total. The lowest BCUT2D eigenvalue weighted by Gasteiger charge is -2.23. The number of nitrogens with one attached hydrogen (secondary N) is 1. The summed E-state index contributed by atoms with van der Waals surface area (Å²) in [5.41, 5.74) is 2.14. The normalized spacial score (nSPS) is 11.9. The van der Waals surface area contributed by atoms with Gasteiger partial charge in [-0.15, -0.1) is 0 Å². The Labute approximate surface area is 108 Å². The first kappa shape index (κ1) is 12.5. The number of aromatic nitrogens is 1. The van der Waals surface area contributed by atoms with Gasteiger partial charge in [0, 0.05) is 30.2 Å². The minimum absolute atomic E-state index is 0.442. The lowest BCUT2D eigenvalue weighted by Crippen LogP contribution is -2.13. The number of pyridine rings is 1. The molecule has 1 atom stereocenters. The first-order chi connectivity index (χ1) is 8.68. The van der Waals surface area contributed by atoms with Crippen LogP contribution in [-0.4, -0.2) is 20.8 Å². The van der Waals surface area contributed by atoms with E-state index < -0.39 is 11.3 Å². The molecule has 0 spiro atoms. The molecule has 1 aromatic carbocycles. The lowest BCUT2D eigenvalue weighted by molar-refractivity contribution is 0.542. The molecule has 2 aromatic rings. The lowest BCUT2D eigenvalue weighted by atomic mass is 10.2. The average Bonchev–Trinajstić information content (AvgIpc) is 2.39. The van der Waals surface area contributed by atoms with Crippen molar-refractivity contribution in [2.45, 2.75) is 0 Å². The second-order valence-corrected chi connectivity index (χ2v) is 4.30. The molecule has 1 aromatic heterocycles. The molecule has 94 valence electrons. The molecule has 0 saturated heterocycles. The van der Waals surface area contributed by atoms with Crippen molar-refractivity contribution in [3.05, 3.63) is 48.8 Å². The van der Waals surface area contributed by atoms with Crippen molar-refractivity contribution in [3.63, 3.8) is 0 Å². The van der Waals surface area contributed by atoms with Gasteiger partial charge in [-0.2, -0.15) is 0 Å². The molecular formula is C12H12N3O2S-. The third-order valence-electron chi connectivity index (χ3n) is 2.50. The van der Waals surface area contributed by atoms with Gasteiger partial charge in [-0.25, -0.2) is 0 Å². The maximum Gasteiger partial charge on any atom is 0.0876 e. The van der Waals surface area contributed by atoms with Crippen LogP contribution in [0.25, 0.3) is 0 Å². The van der Waals surface area contributed by atoms with E-state index in [-0.39, 0.29) is 0 Å². The summed E-state index contributed by atoms with van der Waals surface area (Å²) in [5, 5.41) is 0. The zero-order chi connectivity index (χ0) is 13.0. The molecule has 0 aliphatic heterocycles. The molecule has 1 unspecified atom stereocenters. The predicted octanol–water partition coefficient (Wildman–Crippen LogP) is 2.06. The van der Waals surface area contributed by atoms with E-state index in [1.807, 2.05) is 42.3 Å². The summed E-state index contributed by atoms with van der Waals surface area (Å²) in [5.74, 6) is 0. The van der Waals surface area contributed by atoms with Crippen LogP contribution in [0, 0.1) is 0 Å². The quantitative estimate of drug-likeness (QED) is 0.856. The summed E-state index contributed by atoms with van der Waals surface area (Å²) in [6, 6.07) is 11.4. The van der Waals surface area contributed by atoms with Crippen LogP contribution in [0.1, 0.15) is 0 Å². The van der Waals surface area contributed by atoms with Crippen LogP contribution < -0.4 is 9.62 Å². The first-order valence-electron chi connectivity index (χ1n) is 5.27. The highest BCUT2D eigenvalue weighted by Gasteiger charge is 2.08. The van der Waals surface area contributed by atoms with Crippen molar-refractivity contribution >= 4 is 28.3 Å². The minimum atomic E-state index is -2.37. The van der Waals surface area contributed by atoms with Crippen LogP contribution in [0.4, 0.5) is 17.1 Å². The summed E-state index contributed by atoms with van der Waals surface area (Å²) in [7, 11) is 1.86. The Morgan fingerprint density at radius 1 is 1.28 bits per heavy atom. The molecule has 0 bridgehead atoms. The van der Waals surface area contributed by atoms with E-state index in [2.05, 4.69) is 9.71 Å². The third-order valence-corrected chi connectivity index (χ3v) is 2.88. The summed E-state index contributed by atoms with van der Waals surface area (Å²) >= 11 is -2.37. The molecule has 0 aliphatic rings. The van der Waals surface area contributed by atoms with Gasteiger partial charge in [0.05, 0.1) is 17.6 Å². The second kappa shape index (κ2) is 5.61. The Kier molecular flexibility index (Phi) is 3.91. The Hall–Kier alpha value is -1.92. The Morgan fingerprint density at radius 3 is 2.67 bits per heavy atom. The zero-order valence-corrected chi connectivity index (χ0v) is 10.6. The molecule has 0 amide bonds. The topological polar surface area (TPSA) is 68.3 Å². The third kappa shape index (κ3) is 2.85. The number of para-hydroxylation sites is 1. The van der Waals surface area contributed by atoms with Crippen molar-refractivity contribution in [1.82, 2.24) is 4.98 Å². The molecule has 1 heterocycles. The largest absolute Gasteiger partial charge is 0.755 e. The van der Waals surface area contributed by atoms with E-state index in [4.69, 9.17) is 0 Å². The maximum atomic E-state index is 10.7. The van der Waals surface area contributed by atoms with Crippen LogP contribution in [-0.2, 0) is 11.3 Å². The van der Waals surface area contributed by atoms with E-state index in [9.17, 15) is 8.76 Å². The highest BCUT2D eigenvalue weighted by atomic mass is 32.2. The molecule has 2 rings (SSSR count). The minimum Gasteiger partial charge on any atom is -0.755 e. The van der Waals surface area contributed by atoms with Crippen molar-refractivity contribution in [2.75, 3.05) is 16.7 Å². The van der Waals surface area contributed by atoms with Crippen LogP contribution in [0.5, 0.6) is 0 Å². The van der Waals surface area contributed by atoms with Crippen LogP contribution in [0.2, 0.25) is 0 Å². The van der Waals surface area contributed by atoms with Gasteiger partial charge in [0.2, 0.25) is 0 Å². The molecule has 0 aliphatic carbocycles. The van der Waals surface area contributed by atoms with Gasteiger partial charge in [0.25, 0.3) is 0 Å². The van der Waals surface area contributed by atoms with E-state index >= 15 is 0 Å². The summed E-state index contributed by atoms with van der Waals surface area (Å²) in [4.78, 5) is 5.80. The fraction of sp³-hybridized carbons (Fsp3) is 0.0833.